The molecule has 0 spiro atoms. The zero-order chi connectivity index (χ0) is 8.97. The van der Waals surface area contributed by atoms with Crippen molar-refractivity contribution in [3.63, 3.8) is 0 Å². The number of nitrogens with one attached hydrogen (secondary N) is 1. The fraction of sp³-hybridized carbons (Fsp3) is 0.667. The molecule has 0 unspecified atom stereocenters. The van der Waals surface area contributed by atoms with Gasteiger partial charge in [-0.1, -0.05) is 0 Å². The molecule has 0 aromatic rings. The molecule has 0 radical (unpaired) electrons. The Morgan fingerprint density at radius 2 is 2.42 bits per heavy atom. The second-order valence-corrected chi connectivity index (χ2v) is 3.06. The van der Waals surface area contributed by atoms with Gasteiger partial charge < -0.3 is 4.74 Å². The summed E-state index contributed by atoms with van der Waals surface area (Å²) >= 11 is 1.20. The van der Waals surface area contributed by atoms with Gasteiger partial charge in [-0.25, -0.2) is 4.79 Å². The minimum atomic E-state index is -0.357. The Hall–Kier alpha value is -0.750. The SMILES string of the molecule is CCOCSN1CC(=O)NC1=O. The maximum atomic E-state index is 10.9. The first-order valence-electron chi connectivity index (χ1n) is 3.56. The molecule has 5 nitrogen and oxygen atoms in total. The lowest BCUT2D eigenvalue weighted by Gasteiger charge is -2.10. The highest BCUT2D eigenvalue weighted by Crippen LogP contribution is 2.12. The molecule has 0 aliphatic carbocycles. The first-order chi connectivity index (χ1) is 5.74. The van der Waals surface area contributed by atoms with Crippen molar-refractivity contribution in [1.82, 2.24) is 9.62 Å². The third-order valence-electron chi connectivity index (χ3n) is 1.26. The van der Waals surface area contributed by atoms with Gasteiger partial charge in [0.1, 0.15) is 12.5 Å². The minimum Gasteiger partial charge on any atom is -0.369 e. The second-order valence-electron chi connectivity index (χ2n) is 2.13. The summed E-state index contributed by atoms with van der Waals surface area (Å²) in [5, 5.41) is 2.17. The highest BCUT2D eigenvalue weighted by molar-refractivity contribution is 7.97. The molecule has 1 aliphatic heterocycles. The molecule has 0 aromatic heterocycles. The predicted octanol–water partition coefficient (Wildman–Crippen LogP) is 0.180. The van der Waals surface area contributed by atoms with Gasteiger partial charge in [-0.15, -0.1) is 0 Å². The van der Waals surface area contributed by atoms with E-state index in [0.29, 0.717) is 12.5 Å². The molecular weight excluding hydrogens is 180 g/mol. The zero-order valence-electron chi connectivity index (χ0n) is 6.70. The van der Waals surface area contributed by atoms with Crippen LogP contribution in [0.25, 0.3) is 0 Å². The van der Waals surface area contributed by atoms with Crippen LogP contribution in [0.2, 0.25) is 0 Å². The number of hydrogen-bond acceptors (Lipinski definition) is 4. The molecule has 0 atom stereocenters. The van der Waals surface area contributed by atoms with Crippen molar-refractivity contribution in [3.8, 4) is 0 Å². The normalized spacial score (nSPS) is 16.9. The number of urea groups is 1. The third kappa shape index (κ3) is 2.38. The number of rotatable bonds is 4. The van der Waals surface area contributed by atoms with Gasteiger partial charge in [0.05, 0.1) is 0 Å². The molecular formula is C6H10N2O3S. The molecule has 1 aliphatic rings. The van der Waals surface area contributed by atoms with Gasteiger partial charge in [0.2, 0.25) is 5.91 Å². The van der Waals surface area contributed by atoms with Crippen molar-refractivity contribution < 1.29 is 14.3 Å². The average molecular weight is 190 g/mol. The maximum Gasteiger partial charge on any atom is 0.334 e. The molecule has 0 bridgehead atoms. The summed E-state index contributed by atoms with van der Waals surface area (Å²) in [5.74, 6) is 0.140. The Bertz CT molecular complexity index is 197. The topological polar surface area (TPSA) is 58.6 Å². The van der Waals surface area contributed by atoms with Crippen molar-refractivity contribution in [2.45, 2.75) is 6.92 Å². The highest BCUT2D eigenvalue weighted by atomic mass is 32.2. The van der Waals surface area contributed by atoms with Crippen molar-refractivity contribution >= 4 is 23.9 Å². The summed E-state index contributed by atoms with van der Waals surface area (Å²) in [5.41, 5.74) is 0. The number of carbonyl (C=O) groups is 2. The van der Waals surface area contributed by atoms with E-state index in [-0.39, 0.29) is 18.5 Å². The average Bonchev–Trinajstić information content (AvgIpc) is 2.31. The summed E-state index contributed by atoms with van der Waals surface area (Å²) in [6, 6.07) is -0.357. The van der Waals surface area contributed by atoms with Gasteiger partial charge in [0, 0.05) is 6.61 Å². The van der Waals surface area contributed by atoms with E-state index in [1.807, 2.05) is 6.92 Å². The van der Waals surface area contributed by atoms with Crippen LogP contribution in [0.4, 0.5) is 4.79 Å². The first kappa shape index (κ1) is 9.34. The number of imide groups is 1. The molecule has 0 saturated carbocycles. The van der Waals surface area contributed by atoms with E-state index in [9.17, 15) is 9.59 Å². The number of nitrogens with zero attached hydrogens (tertiary/aromatic N) is 1. The molecule has 0 aromatic carbocycles. The fourth-order valence-electron chi connectivity index (χ4n) is 0.712. The van der Waals surface area contributed by atoms with Crippen LogP contribution in [0, 0.1) is 0 Å². The molecule has 1 fully saturated rings. The highest BCUT2D eigenvalue weighted by Gasteiger charge is 2.26. The smallest absolute Gasteiger partial charge is 0.334 e. The van der Waals surface area contributed by atoms with Crippen LogP contribution in [0.15, 0.2) is 0 Å². The molecule has 1 saturated heterocycles. The van der Waals surface area contributed by atoms with Gasteiger partial charge in [-0.2, -0.15) is 0 Å². The Morgan fingerprint density at radius 1 is 1.67 bits per heavy atom. The van der Waals surface area contributed by atoms with Gasteiger partial charge in [0.15, 0.2) is 0 Å². The molecule has 6 heteroatoms. The Labute approximate surface area is 74.6 Å². The van der Waals surface area contributed by atoms with E-state index in [4.69, 9.17) is 4.74 Å². The number of amides is 3. The summed E-state index contributed by atoms with van der Waals surface area (Å²) in [4.78, 5) is 21.6. The van der Waals surface area contributed by atoms with Gasteiger partial charge in [-0.05, 0) is 18.9 Å². The van der Waals surface area contributed by atoms with E-state index in [2.05, 4.69) is 5.32 Å². The van der Waals surface area contributed by atoms with Crippen LogP contribution >= 0.6 is 11.9 Å². The van der Waals surface area contributed by atoms with Crippen molar-refractivity contribution in [1.29, 1.82) is 0 Å². The Morgan fingerprint density at radius 3 is 2.92 bits per heavy atom. The monoisotopic (exact) mass is 190 g/mol. The van der Waals surface area contributed by atoms with Gasteiger partial charge >= 0.3 is 6.03 Å². The third-order valence-corrected chi connectivity index (χ3v) is 2.13. The lowest BCUT2D eigenvalue weighted by molar-refractivity contribution is -0.118. The largest absolute Gasteiger partial charge is 0.369 e. The standard InChI is InChI=1S/C6H10N2O3S/c1-2-11-4-12-8-3-5(9)7-6(8)10/h2-4H2,1H3,(H,7,9,10). The summed E-state index contributed by atoms with van der Waals surface area (Å²) in [6.07, 6.45) is 0. The number of ether oxygens (including phenoxy) is 1. The predicted molar refractivity (Wildman–Crippen MR) is 44.3 cm³/mol. The molecule has 1 heterocycles. The van der Waals surface area contributed by atoms with Crippen LogP contribution < -0.4 is 5.32 Å². The van der Waals surface area contributed by atoms with E-state index in [1.165, 1.54) is 16.3 Å². The molecule has 1 rings (SSSR count). The van der Waals surface area contributed by atoms with Crippen LogP contribution in [-0.4, -0.2) is 35.3 Å². The van der Waals surface area contributed by atoms with E-state index < -0.39 is 0 Å². The van der Waals surface area contributed by atoms with Crippen LogP contribution in [0.5, 0.6) is 0 Å². The van der Waals surface area contributed by atoms with Crippen LogP contribution in [0.1, 0.15) is 6.92 Å². The lowest BCUT2D eigenvalue weighted by atomic mass is 10.7. The van der Waals surface area contributed by atoms with Crippen LogP contribution in [-0.2, 0) is 9.53 Å². The summed E-state index contributed by atoms with van der Waals surface area (Å²) in [6.45, 7) is 2.60. The van der Waals surface area contributed by atoms with Crippen molar-refractivity contribution in [2.24, 2.45) is 0 Å². The Kier molecular flexibility index (Phi) is 3.36. The quantitative estimate of drug-likeness (QED) is 0.297. The Balaban J connectivity index is 2.24. The van der Waals surface area contributed by atoms with Crippen molar-refractivity contribution in [3.05, 3.63) is 0 Å². The van der Waals surface area contributed by atoms with E-state index in [1.54, 1.807) is 0 Å². The van der Waals surface area contributed by atoms with Gasteiger partial charge in [-0.3, -0.25) is 14.4 Å². The molecule has 1 N–H and O–H groups in total. The van der Waals surface area contributed by atoms with Crippen molar-refractivity contribution in [2.75, 3.05) is 19.1 Å². The minimum absolute atomic E-state index is 0.122. The van der Waals surface area contributed by atoms with E-state index in [0.717, 1.165) is 0 Å². The van der Waals surface area contributed by atoms with Gasteiger partial charge in [0.25, 0.3) is 0 Å². The number of hydrogen-bond donors (Lipinski definition) is 1. The second kappa shape index (κ2) is 4.32. The lowest BCUT2D eigenvalue weighted by Crippen LogP contribution is -2.23. The summed E-state index contributed by atoms with van der Waals surface area (Å²) in [7, 11) is 0. The zero-order valence-corrected chi connectivity index (χ0v) is 7.52. The molecule has 68 valence electrons. The fourth-order valence-corrected chi connectivity index (χ4v) is 1.45. The van der Waals surface area contributed by atoms with Crippen LogP contribution in [0.3, 0.4) is 0 Å². The summed E-state index contributed by atoms with van der Waals surface area (Å²) < 4.78 is 6.35. The maximum absolute atomic E-state index is 10.9. The number of carbonyl (C=O) groups excluding carboxylic acids is 2. The van der Waals surface area contributed by atoms with E-state index >= 15 is 0 Å². The molecule has 12 heavy (non-hydrogen) atoms. The molecule has 3 amide bonds. The first-order valence-corrected chi connectivity index (χ1v) is 4.50.